The fourth-order valence-corrected chi connectivity index (χ4v) is 5.66. The fraction of sp³-hybridized carbons (Fsp3) is 0.0417. The van der Waals surface area contributed by atoms with Crippen LogP contribution >= 0.6 is 43.2 Å². The molecule has 0 atom stereocenters. The third-order valence-corrected chi connectivity index (χ3v) is 7.14. The molecule has 186 valence electrons. The molecule has 1 amide bonds. The topological polar surface area (TPSA) is 131 Å². The van der Waals surface area contributed by atoms with Crippen LogP contribution < -0.4 is 14.9 Å². The number of carbonyl (C=O) groups is 1. The van der Waals surface area contributed by atoms with E-state index in [1.165, 1.54) is 28.3 Å². The Labute approximate surface area is 230 Å². The number of fused-ring (bicyclic) bond motifs is 1. The van der Waals surface area contributed by atoms with Gasteiger partial charge in [0.25, 0.3) is 11.6 Å². The van der Waals surface area contributed by atoms with E-state index in [0.717, 1.165) is 4.47 Å². The molecule has 1 aliphatic rings. The standard InChI is InChI=1S/C24H15Br2N5O5S/c25-15-7-14(23(33)16(26)9-15)10-27-30-20(13-5-6-21-18(8-13)28-22(32)11-36-21)12-37-24(30)29-17-3-1-2-4-19(17)31(34)35/h1-10,12,33H,11H2,(H,28,32). The number of phenolic OH excluding ortho intramolecular Hbond substituents is 1. The summed E-state index contributed by atoms with van der Waals surface area (Å²) in [6.45, 7) is -0.0559. The molecule has 10 nitrogen and oxygen atoms in total. The molecule has 0 saturated carbocycles. The van der Waals surface area contributed by atoms with E-state index in [1.54, 1.807) is 47.8 Å². The number of nitrogens with zero attached hydrogens (tertiary/aromatic N) is 4. The van der Waals surface area contributed by atoms with Crippen LogP contribution in [-0.4, -0.2) is 33.4 Å². The van der Waals surface area contributed by atoms with Crippen molar-refractivity contribution in [2.24, 2.45) is 10.1 Å². The molecule has 0 aliphatic carbocycles. The molecule has 37 heavy (non-hydrogen) atoms. The van der Waals surface area contributed by atoms with Crippen LogP contribution in [0.5, 0.6) is 11.5 Å². The third kappa shape index (κ3) is 5.19. The minimum atomic E-state index is -0.496. The number of aromatic nitrogens is 1. The summed E-state index contributed by atoms with van der Waals surface area (Å²) >= 11 is 7.94. The number of rotatable bonds is 5. The van der Waals surface area contributed by atoms with E-state index in [4.69, 9.17) is 4.74 Å². The van der Waals surface area contributed by atoms with E-state index in [0.29, 0.717) is 37.5 Å². The van der Waals surface area contributed by atoms with Gasteiger partial charge in [-0.2, -0.15) is 5.10 Å². The van der Waals surface area contributed by atoms with Gasteiger partial charge in [0.2, 0.25) is 4.80 Å². The van der Waals surface area contributed by atoms with Crippen LogP contribution in [-0.2, 0) is 4.79 Å². The van der Waals surface area contributed by atoms with Gasteiger partial charge >= 0.3 is 0 Å². The molecule has 0 radical (unpaired) electrons. The van der Waals surface area contributed by atoms with Gasteiger partial charge in [0.05, 0.1) is 27.0 Å². The van der Waals surface area contributed by atoms with Crippen LogP contribution in [0.2, 0.25) is 0 Å². The molecule has 0 unspecified atom stereocenters. The van der Waals surface area contributed by atoms with E-state index >= 15 is 0 Å². The molecule has 1 aliphatic heterocycles. The Balaban J connectivity index is 1.69. The second kappa shape index (κ2) is 10.3. The molecule has 1 aromatic heterocycles. The van der Waals surface area contributed by atoms with Crippen molar-refractivity contribution >= 4 is 72.4 Å². The predicted molar refractivity (Wildman–Crippen MR) is 147 cm³/mol. The van der Waals surface area contributed by atoms with Gasteiger partial charge in [-0.3, -0.25) is 14.9 Å². The number of para-hydroxylation sites is 2. The molecule has 3 aromatic carbocycles. The maximum absolute atomic E-state index is 11.8. The van der Waals surface area contributed by atoms with Gasteiger partial charge < -0.3 is 15.2 Å². The lowest BCUT2D eigenvalue weighted by Crippen LogP contribution is -2.25. The van der Waals surface area contributed by atoms with E-state index in [1.807, 2.05) is 6.07 Å². The number of hydrogen-bond acceptors (Lipinski definition) is 8. The van der Waals surface area contributed by atoms with Crippen molar-refractivity contribution in [2.45, 2.75) is 0 Å². The summed E-state index contributed by atoms with van der Waals surface area (Å²) in [6.07, 6.45) is 1.46. The second-order valence-electron chi connectivity index (χ2n) is 7.69. The van der Waals surface area contributed by atoms with Gasteiger partial charge in [-0.25, -0.2) is 9.67 Å². The quantitative estimate of drug-likeness (QED) is 0.161. The largest absolute Gasteiger partial charge is 0.506 e. The molecule has 2 heterocycles. The van der Waals surface area contributed by atoms with Crippen LogP contribution in [0.3, 0.4) is 0 Å². The van der Waals surface area contributed by atoms with E-state index in [9.17, 15) is 20.0 Å². The zero-order valence-corrected chi connectivity index (χ0v) is 22.6. The van der Waals surface area contributed by atoms with Crippen LogP contribution in [0.4, 0.5) is 17.1 Å². The number of anilines is 1. The van der Waals surface area contributed by atoms with Crippen LogP contribution in [0, 0.1) is 10.1 Å². The molecule has 13 heteroatoms. The van der Waals surface area contributed by atoms with Gasteiger partial charge in [-0.1, -0.05) is 28.1 Å². The molecule has 2 N–H and O–H groups in total. The van der Waals surface area contributed by atoms with Crippen molar-refractivity contribution in [3.63, 3.8) is 0 Å². The number of benzene rings is 3. The highest BCUT2D eigenvalue weighted by Gasteiger charge is 2.19. The molecular weight excluding hydrogens is 630 g/mol. The Morgan fingerprint density at radius 2 is 2.00 bits per heavy atom. The zero-order valence-electron chi connectivity index (χ0n) is 18.6. The normalized spacial score (nSPS) is 13.4. The summed E-state index contributed by atoms with van der Waals surface area (Å²) in [5.41, 5.74) is 2.27. The first-order valence-corrected chi connectivity index (χ1v) is 13.0. The maximum atomic E-state index is 11.8. The number of aromatic hydroxyl groups is 1. The first-order chi connectivity index (χ1) is 17.8. The van der Waals surface area contributed by atoms with Crippen LogP contribution in [0.1, 0.15) is 5.56 Å². The first-order valence-electron chi connectivity index (χ1n) is 10.6. The number of amides is 1. The molecule has 0 spiro atoms. The SMILES string of the molecule is O=C1COc2ccc(-c3csc(=Nc4ccccc4[N+](=O)[O-])n3N=Cc3cc(Br)cc(Br)c3O)cc2N1. The maximum Gasteiger partial charge on any atom is 0.294 e. The monoisotopic (exact) mass is 643 g/mol. The van der Waals surface area contributed by atoms with Crippen molar-refractivity contribution in [2.75, 3.05) is 11.9 Å². The predicted octanol–water partition coefficient (Wildman–Crippen LogP) is 5.80. The lowest BCUT2D eigenvalue weighted by Gasteiger charge is -2.18. The molecule has 5 rings (SSSR count). The minimum absolute atomic E-state index is 0.00448. The summed E-state index contributed by atoms with van der Waals surface area (Å²) in [7, 11) is 0. The zero-order chi connectivity index (χ0) is 26.1. The van der Waals surface area contributed by atoms with E-state index in [-0.39, 0.29) is 29.6 Å². The number of phenols is 1. The van der Waals surface area contributed by atoms with Gasteiger partial charge in [-0.05, 0) is 52.3 Å². The number of halogens is 2. The number of nitro benzene ring substituents is 1. The van der Waals surface area contributed by atoms with E-state index in [2.05, 4.69) is 47.3 Å². The Morgan fingerprint density at radius 1 is 1.19 bits per heavy atom. The summed E-state index contributed by atoms with van der Waals surface area (Å²) < 4.78 is 8.18. The van der Waals surface area contributed by atoms with Crippen molar-refractivity contribution in [1.82, 2.24) is 4.68 Å². The summed E-state index contributed by atoms with van der Waals surface area (Å²) in [4.78, 5) is 27.7. The Bertz CT molecular complexity index is 1660. The summed E-state index contributed by atoms with van der Waals surface area (Å²) in [5, 5.41) is 31.2. The summed E-state index contributed by atoms with van der Waals surface area (Å²) in [6, 6.07) is 14.9. The van der Waals surface area contributed by atoms with Crippen LogP contribution in [0.25, 0.3) is 11.3 Å². The number of nitro groups is 1. The fourth-order valence-electron chi connectivity index (χ4n) is 3.55. The van der Waals surface area contributed by atoms with Gasteiger partial charge in [0, 0.05) is 27.0 Å². The van der Waals surface area contributed by atoms with Gasteiger partial charge in [0.15, 0.2) is 6.61 Å². The smallest absolute Gasteiger partial charge is 0.294 e. The number of thiazole rings is 1. The van der Waals surface area contributed by atoms with E-state index < -0.39 is 4.92 Å². The molecular formula is C24H15Br2N5O5S. The second-order valence-corrected chi connectivity index (χ2v) is 10.3. The van der Waals surface area contributed by atoms with Gasteiger partial charge in [0.1, 0.15) is 17.2 Å². The third-order valence-electron chi connectivity index (χ3n) is 5.26. The van der Waals surface area contributed by atoms with Crippen LogP contribution in [0.15, 0.2) is 79.0 Å². The Morgan fingerprint density at radius 3 is 2.81 bits per heavy atom. The first kappa shape index (κ1) is 24.9. The van der Waals surface area contributed by atoms with Gasteiger partial charge in [-0.15, -0.1) is 11.3 Å². The average molecular weight is 645 g/mol. The highest BCUT2D eigenvalue weighted by atomic mass is 79.9. The number of hydrogen-bond donors (Lipinski definition) is 2. The molecule has 0 bridgehead atoms. The molecule has 0 fully saturated rings. The molecule has 0 saturated heterocycles. The Hall–Kier alpha value is -3.81. The summed E-state index contributed by atoms with van der Waals surface area (Å²) in [5.74, 6) is 0.279. The number of carbonyl (C=O) groups excluding carboxylic acids is 1. The lowest BCUT2D eigenvalue weighted by atomic mass is 10.1. The number of nitrogens with one attached hydrogen (secondary N) is 1. The number of ether oxygens (including phenoxy) is 1. The minimum Gasteiger partial charge on any atom is -0.506 e. The van der Waals surface area contributed by atoms with Crippen molar-refractivity contribution in [3.05, 3.63) is 89.4 Å². The highest BCUT2D eigenvalue weighted by Crippen LogP contribution is 2.34. The molecule has 4 aromatic rings. The van der Waals surface area contributed by atoms with Crippen molar-refractivity contribution in [1.29, 1.82) is 0 Å². The van der Waals surface area contributed by atoms with Crippen molar-refractivity contribution in [3.8, 4) is 22.8 Å². The average Bonchev–Trinajstić information content (AvgIpc) is 3.27. The Kier molecular flexibility index (Phi) is 6.91. The highest BCUT2D eigenvalue weighted by molar-refractivity contribution is 9.11. The van der Waals surface area contributed by atoms with Crippen molar-refractivity contribution < 1.29 is 19.6 Å². The lowest BCUT2D eigenvalue weighted by molar-refractivity contribution is -0.384.